The first-order valence-electron chi connectivity index (χ1n) is 11.5. The fourth-order valence-corrected chi connectivity index (χ4v) is 5.77. The molecule has 1 saturated carbocycles. The lowest BCUT2D eigenvalue weighted by atomic mass is 9.83. The van der Waals surface area contributed by atoms with E-state index in [2.05, 4.69) is 28.5 Å². The Kier molecular flexibility index (Phi) is 6.60. The summed E-state index contributed by atoms with van der Waals surface area (Å²) < 4.78 is 17.5. The number of aromatic nitrogens is 1. The molecule has 33 heavy (non-hydrogen) atoms. The summed E-state index contributed by atoms with van der Waals surface area (Å²) in [5.74, 6) is 1.67. The first-order chi connectivity index (χ1) is 16.2. The number of carbonyl (C=O) groups excluding carboxylic acids is 1. The molecule has 0 saturated heterocycles. The third-order valence-electron chi connectivity index (χ3n) is 6.54. The van der Waals surface area contributed by atoms with Crippen LogP contribution in [-0.4, -0.2) is 30.0 Å². The molecule has 172 valence electrons. The lowest BCUT2D eigenvalue weighted by Crippen LogP contribution is -2.44. The van der Waals surface area contributed by atoms with Crippen LogP contribution in [-0.2, 0) is 9.47 Å². The molecule has 6 nitrogen and oxygen atoms in total. The number of allylic oxidation sites excluding steroid dienone is 3. The van der Waals surface area contributed by atoms with Crippen molar-refractivity contribution in [3.05, 3.63) is 71.6 Å². The number of Topliss-reactive ketones (excluding diaryl/α,β-unsaturated/α-hetero) is 1. The summed E-state index contributed by atoms with van der Waals surface area (Å²) in [7, 11) is 1.63. The van der Waals surface area contributed by atoms with Gasteiger partial charge in [-0.25, -0.2) is 4.98 Å². The summed E-state index contributed by atoms with van der Waals surface area (Å²) in [4.78, 5) is 17.8. The molecule has 0 radical (unpaired) electrons. The van der Waals surface area contributed by atoms with Crippen molar-refractivity contribution in [1.29, 1.82) is 0 Å². The number of fused-ring (bicyclic) bond motifs is 1. The fraction of sp³-hybridized carbons (Fsp3) is 0.385. The van der Waals surface area contributed by atoms with Gasteiger partial charge < -0.3 is 19.5 Å². The molecule has 1 atom stereocenters. The second-order valence-corrected chi connectivity index (χ2v) is 9.62. The van der Waals surface area contributed by atoms with E-state index in [-0.39, 0.29) is 17.7 Å². The zero-order valence-electron chi connectivity index (χ0n) is 18.7. The molecule has 1 unspecified atom stereocenters. The van der Waals surface area contributed by atoms with Gasteiger partial charge in [-0.3, -0.25) is 4.79 Å². The van der Waals surface area contributed by atoms with E-state index < -0.39 is 0 Å². The molecular weight excluding hydrogens is 436 g/mol. The van der Waals surface area contributed by atoms with Gasteiger partial charge in [0.1, 0.15) is 30.1 Å². The Morgan fingerprint density at radius 2 is 2.12 bits per heavy atom. The highest BCUT2D eigenvalue weighted by Gasteiger charge is 2.32. The van der Waals surface area contributed by atoms with Gasteiger partial charge in [-0.15, -0.1) is 11.3 Å². The van der Waals surface area contributed by atoms with E-state index in [9.17, 15) is 4.79 Å². The summed E-state index contributed by atoms with van der Waals surface area (Å²) in [6.07, 6.45) is 16.8. The monoisotopic (exact) mass is 464 g/mol. The molecule has 1 aliphatic heterocycles. The van der Waals surface area contributed by atoms with Gasteiger partial charge in [0.2, 0.25) is 0 Å². The van der Waals surface area contributed by atoms with Crippen LogP contribution in [0.2, 0.25) is 0 Å². The molecule has 1 fully saturated rings. The van der Waals surface area contributed by atoms with Crippen molar-refractivity contribution < 1.29 is 19.0 Å². The van der Waals surface area contributed by atoms with Gasteiger partial charge in [0.15, 0.2) is 16.6 Å². The van der Waals surface area contributed by atoms with Gasteiger partial charge in [0, 0.05) is 12.0 Å². The standard InChI is InChI=1S/C26H28N2O4S/c1-30-20-8-5-9-22-24(20)28-26(33-22)25(29)18-10-12-19(13-11-18)27-23(17-6-3-2-4-7-17)21-16-31-14-15-32-21/h2-3,5-6,8-9,14-16,18-19,23,27H,4,7,10-13H2,1H3. The average molecular weight is 465 g/mol. The van der Waals surface area contributed by atoms with Gasteiger partial charge in [-0.2, -0.15) is 0 Å². The van der Waals surface area contributed by atoms with Crippen LogP contribution in [0.15, 0.2) is 66.5 Å². The van der Waals surface area contributed by atoms with Crippen molar-refractivity contribution >= 4 is 27.3 Å². The Bertz CT molecular complexity index is 1140. The first kappa shape index (κ1) is 21.9. The number of thiazole rings is 1. The lowest BCUT2D eigenvalue weighted by molar-refractivity contribution is 0.0877. The first-order valence-corrected chi connectivity index (χ1v) is 12.3. The van der Waals surface area contributed by atoms with E-state index >= 15 is 0 Å². The molecule has 1 aromatic carbocycles. The number of rotatable bonds is 7. The highest BCUT2D eigenvalue weighted by molar-refractivity contribution is 7.20. The third-order valence-corrected chi connectivity index (χ3v) is 7.57. The zero-order valence-corrected chi connectivity index (χ0v) is 19.5. The Labute approximate surface area is 197 Å². The fourth-order valence-electron chi connectivity index (χ4n) is 4.77. The Morgan fingerprint density at radius 1 is 1.24 bits per heavy atom. The van der Waals surface area contributed by atoms with Crippen LogP contribution >= 0.6 is 11.3 Å². The number of ether oxygens (including phenoxy) is 3. The van der Waals surface area contributed by atoms with Gasteiger partial charge in [0.25, 0.3) is 0 Å². The largest absolute Gasteiger partial charge is 0.494 e. The average Bonchev–Trinajstić information content (AvgIpc) is 3.33. The molecule has 2 heterocycles. The minimum absolute atomic E-state index is 0.0151. The molecule has 5 rings (SSSR count). The number of nitrogens with one attached hydrogen (secondary N) is 1. The number of hydrogen-bond acceptors (Lipinski definition) is 7. The van der Waals surface area contributed by atoms with E-state index in [1.54, 1.807) is 19.6 Å². The summed E-state index contributed by atoms with van der Waals surface area (Å²) in [6, 6.07) is 6.10. The Balaban J connectivity index is 1.24. The molecule has 2 aromatic rings. The van der Waals surface area contributed by atoms with Gasteiger partial charge in [-0.1, -0.05) is 24.3 Å². The van der Waals surface area contributed by atoms with E-state index in [4.69, 9.17) is 14.2 Å². The summed E-state index contributed by atoms with van der Waals surface area (Å²) in [5.41, 5.74) is 2.07. The Morgan fingerprint density at radius 3 is 2.85 bits per heavy atom. The second kappa shape index (κ2) is 9.93. The minimum Gasteiger partial charge on any atom is -0.494 e. The van der Waals surface area contributed by atoms with Crippen LogP contribution in [0.4, 0.5) is 0 Å². The van der Waals surface area contributed by atoms with Crippen molar-refractivity contribution in [3.63, 3.8) is 0 Å². The minimum atomic E-state index is -0.0196. The van der Waals surface area contributed by atoms with Crippen LogP contribution < -0.4 is 10.1 Å². The van der Waals surface area contributed by atoms with Crippen LogP contribution in [0.3, 0.4) is 0 Å². The maximum atomic E-state index is 13.2. The smallest absolute Gasteiger partial charge is 0.194 e. The number of carbonyl (C=O) groups is 1. The van der Waals surface area contributed by atoms with Crippen LogP contribution in [0, 0.1) is 5.92 Å². The van der Waals surface area contributed by atoms with Crippen LogP contribution in [0.25, 0.3) is 10.2 Å². The highest BCUT2D eigenvalue weighted by Crippen LogP contribution is 2.34. The maximum absolute atomic E-state index is 13.2. The molecule has 1 aromatic heterocycles. The van der Waals surface area contributed by atoms with E-state index in [0.717, 1.165) is 54.5 Å². The van der Waals surface area contributed by atoms with Crippen molar-refractivity contribution in [1.82, 2.24) is 10.3 Å². The molecule has 0 amide bonds. The zero-order chi connectivity index (χ0) is 22.6. The molecular formula is C26H28N2O4S. The third kappa shape index (κ3) is 4.75. The lowest BCUT2D eigenvalue weighted by Gasteiger charge is -2.33. The van der Waals surface area contributed by atoms with E-state index in [1.807, 2.05) is 18.2 Å². The molecule has 3 aliphatic rings. The van der Waals surface area contributed by atoms with Gasteiger partial charge in [-0.05, 0) is 56.2 Å². The summed E-state index contributed by atoms with van der Waals surface area (Å²) >= 11 is 1.46. The van der Waals surface area contributed by atoms with Crippen molar-refractivity contribution in [3.8, 4) is 5.75 Å². The SMILES string of the molecule is COc1cccc2sc(C(=O)C3CCC(NC(C4=CC=CCC4)C4=COC=CO4)CC3)nc12. The topological polar surface area (TPSA) is 69.7 Å². The second-order valence-electron chi connectivity index (χ2n) is 8.59. The van der Waals surface area contributed by atoms with Crippen molar-refractivity contribution in [2.24, 2.45) is 5.92 Å². The van der Waals surface area contributed by atoms with E-state index in [1.165, 1.54) is 23.2 Å². The van der Waals surface area contributed by atoms with Gasteiger partial charge in [0.05, 0.1) is 17.9 Å². The number of ketones is 1. The number of benzene rings is 1. The van der Waals surface area contributed by atoms with Crippen molar-refractivity contribution in [2.75, 3.05) is 7.11 Å². The highest BCUT2D eigenvalue weighted by atomic mass is 32.1. The predicted octanol–water partition coefficient (Wildman–Crippen LogP) is 5.64. The number of nitrogens with zero attached hydrogens (tertiary/aromatic N) is 1. The predicted molar refractivity (Wildman–Crippen MR) is 129 cm³/mol. The Hall–Kier alpha value is -2.90. The van der Waals surface area contributed by atoms with Crippen molar-refractivity contribution in [2.45, 2.75) is 50.6 Å². The number of methoxy groups -OCH3 is 1. The normalized spacial score (nSPS) is 23.3. The summed E-state index contributed by atoms with van der Waals surface area (Å²) in [6.45, 7) is 0. The quantitative estimate of drug-likeness (QED) is 0.535. The van der Waals surface area contributed by atoms with Gasteiger partial charge >= 0.3 is 0 Å². The molecule has 0 bridgehead atoms. The summed E-state index contributed by atoms with van der Waals surface area (Å²) in [5, 5.41) is 4.37. The number of hydrogen-bond donors (Lipinski definition) is 1. The molecule has 2 aliphatic carbocycles. The molecule has 7 heteroatoms. The maximum Gasteiger partial charge on any atom is 0.194 e. The van der Waals surface area contributed by atoms with Crippen LogP contribution in [0.1, 0.15) is 48.3 Å². The number of para-hydroxylation sites is 1. The van der Waals surface area contributed by atoms with Crippen LogP contribution in [0.5, 0.6) is 5.75 Å². The van der Waals surface area contributed by atoms with E-state index in [0.29, 0.717) is 16.8 Å². The molecule has 1 N–H and O–H groups in total. The molecule has 0 spiro atoms.